The number of nitrogens with zero attached hydrogens (tertiary/aromatic N) is 4. The van der Waals surface area contributed by atoms with Crippen LogP contribution in [0.1, 0.15) is 0 Å². The second-order valence-electron chi connectivity index (χ2n) is 5.99. The first-order valence-corrected chi connectivity index (χ1v) is 10.5. The van der Waals surface area contributed by atoms with E-state index in [4.69, 9.17) is 4.74 Å². The zero-order valence-corrected chi connectivity index (χ0v) is 17.3. The SMILES string of the molecule is C=CCn1c(=O)c2ccccc2n2c(SCCOc3ccc(Br)cc3)nnc12. The minimum Gasteiger partial charge on any atom is -0.493 e. The molecule has 0 aliphatic rings. The summed E-state index contributed by atoms with van der Waals surface area (Å²) >= 11 is 4.95. The zero-order chi connectivity index (χ0) is 19.5. The Kier molecular flexibility index (Phi) is 5.50. The Morgan fingerprint density at radius 2 is 1.93 bits per heavy atom. The monoisotopic (exact) mass is 456 g/mol. The second kappa shape index (κ2) is 8.20. The largest absolute Gasteiger partial charge is 0.493 e. The van der Waals surface area contributed by atoms with Crippen molar-refractivity contribution in [3.05, 3.63) is 76.0 Å². The Morgan fingerprint density at radius 3 is 2.71 bits per heavy atom. The van der Waals surface area contributed by atoms with Gasteiger partial charge in [0.1, 0.15) is 5.75 Å². The highest BCUT2D eigenvalue weighted by Crippen LogP contribution is 2.22. The van der Waals surface area contributed by atoms with E-state index in [-0.39, 0.29) is 5.56 Å². The maximum atomic E-state index is 12.8. The molecule has 4 rings (SSSR count). The van der Waals surface area contributed by atoms with E-state index in [0.29, 0.717) is 30.1 Å². The Balaban J connectivity index is 1.62. The second-order valence-corrected chi connectivity index (χ2v) is 7.97. The molecule has 8 heteroatoms. The fourth-order valence-corrected chi connectivity index (χ4v) is 3.97. The maximum absolute atomic E-state index is 12.8. The lowest BCUT2D eigenvalue weighted by atomic mass is 10.2. The van der Waals surface area contributed by atoms with Crippen molar-refractivity contribution in [1.82, 2.24) is 19.2 Å². The average Bonchev–Trinajstić information content (AvgIpc) is 3.14. The molecule has 2 aromatic carbocycles. The van der Waals surface area contributed by atoms with Crippen LogP contribution in [0.3, 0.4) is 0 Å². The third-order valence-corrected chi connectivity index (χ3v) is 5.61. The van der Waals surface area contributed by atoms with Crippen LogP contribution in [-0.2, 0) is 6.54 Å². The topological polar surface area (TPSA) is 61.4 Å². The zero-order valence-electron chi connectivity index (χ0n) is 14.9. The van der Waals surface area contributed by atoms with Gasteiger partial charge < -0.3 is 4.74 Å². The molecule has 142 valence electrons. The predicted octanol–water partition coefficient (Wildman–Crippen LogP) is 4.16. The van der Waals surface area contributed by atoms with Crippen LogP contribution in [0.5, 0.6) is 5.75 Å². The number of hydrogen-bond acceptors (Lipinski definition) is 5. The highest BCUT2D eigenvalue weighted by atomic mass is 79.9. The molecule has 0 amide bonds. The van der Waals surface area contributed by atoms with Crippen molar-refractivity contribution < 1.29 is 4.74 Å². The van der Waals surface area contributed by atoms with Crippen LogP contribution >= 0.6 is 27.7 Å². The summed E-state index contributed by atoms with van der Waals surface area (Å²) in [6.45, 7) is 4.65. The number of aromatic nitrogens is 4. The average molecular weight is 457 g/mol. The molecule has 4 aromatic rings. The lowest BCUT2D eigenvalue weighted by molar-refractivity contribution is 0.344. The van der Waals surface area contributed by atoms with Gasteiger partial charge in [0.25, 0.3) is 5.56 Å². The van der Waals surface area contributed by atoms with Crippen molar-refractivity contribution in [2.75, 3.05) is 12.4 Å². The molecule has 0 atom stereocenters. The molecule has 0 saturated heterocycles. The molecule has 0 bridgehead atoms. The first-order valence-electron chi connectivity index (χ1n) is 8.68. The summed E-state index contributed by atoms with van der Waals surface area (Å²) in [6, 6.07) is 15.2. The summed E-state index contributed by atoms with van der Waals surface area (Å²) in [7, 11) is 0. The van der Waals surface area contributed by atoms with Crippen LogP contribution in [0.25, 0.3) is 16.7 Å². The molecular formula is C20H17BrN4O2S. The van der Waals surface area contributed by atoms with Gasteiger partial charge in [-0.1, -0.05) is 45.9 Å². The molecule has 0 saturated carbocycles. The van der Waals surface area contributed by atoms with Gasteiger partial charge in [-0.3, -0.25) is 13.8 Å². The van der Waals surface area contributed by atoms with Gasteiger partial charge in [-0.25, -0.2) is 0 Å². The van der Waals surface area contributed by atoms with E-state index >= 15 is 0 Å². The lowest BCUT2D eigenvalue weighted by Gasteiger charge is -2.10. The number of hydrogen-bond donors (Lipinski definition) is 0. The highest BCUT2D eigenvalue weighted by Gasteiger charge is 2.16. The van der Waals surface area contributed by atoms with Crippen LogP contribution < -0.4 is 10.3 Å². The van der Waals surface area contributed by atoms with E-state index in [1.54, 1.807) is 22.4 Å². The van der Waals surface area contributed by atoms with Gasteiger partial charge in [0.15, 0.2) is 5.16 Å². The molecule has 0 fully saturated rings. The van der Waals surface area contributed by atoms with Crippen molar-refractivity contribution >= 4 is 44.4 Å². The minimum atomic E-state index is -0.0921. The van der Waals surface area contributed by atoms with E-state index in [0.717, 1.165) is 20.9 Å². The third kappa shape index (κ3) is 3.57. The first-order chi connectivity index (χ1) is 13.7. The Morgan fingerprint density at radius 1 is 1.14 bits per heavy atom. The van der Waals surface area contributed by atoms with Crippen LogP contribution in [0.15, 0.2) is 75.6 Å². The lowest BCUT2D eigenvalue weighted by Crippen LogP contribution is -2.22. The fraction of sp³-hybridized carbons (Fsp3) is 0.150. The highest BCUT2D eigenvalue weighted by molar-refractivity contribution is 9.10. The van der Waals surface area contributed by atoms with E-state index in [2.05, 4.69) is 32.7 Å². The molecule has 0 aliphatic heterocycles. The van der Waals surface area contributed by atoms with Crippen LogP contribution in [0.4, 0.5) is 0 Å². The van der Waals surface area contributed by atoms with Gasteiger partial charge in [-0.2, -0.15) is 0 Å². The molecule has 0 aliphatic carbocycles. The first kappa shape index (κ1) is 18.8. The third-order valence-electron chi connectivity index (χ3n) is 4.19. The van der Waals surface area contributed by atoms with Gasteiger partial charge >= 0.3 is 0 Å². The van der Waals surface area contributed by atoms with Gasteiger partial charge in [-0.05, 0) is 36.4 Å². The van der Waals surface area contributed by atoms with Gasteiger partial charge in [-0.15, -0.1) is 16.8 Å². The van der Waals surface area contributed by atoms with E-state index in [1.807, 2.05) is 52.9 Å². The summed E-state index contributed by atoms with van der Waals surface area (Å²) < 4.78 is 10.3. The number of allylic oxidation sites excluding steroid dienone is 1. The number of thioether (sulfide) groups is 1. The number of rotatable bonds is 7. The van der Waals surface area contributed by atoms with E-state index in [1.165, 1.54) is 0 Å². The molecule has 28 heavy (non-hydrogen) atoms. The summed E-state index contributed by atoms with van der Waals surface area (Å²) in [5, 5.41) is 9.92. The van der Waals surface area contributed by atoms with Crippen molar-refractivity contribution in [1.29, 1.82) is 0 Å². The molecule has 2 aromatic heterocycles. The van der Waals surface area contributed by atoms with Crippen LogP contribution in [0, 0.1) is 0 Å². The Hall–Kier alpha value is -2.58. The Bertz CT molecular complexity index is 1200. The van der Waals surface area contributed by atoms with Crippen LogP contribution in [0.2, 0.25) is 0 Å². The summed E-state index contributed by atoms with van der Waals surface area (Å²) in [5.74, 6) is 2.03. The van der Waals surface area contributed by atoms with Crippen molar-refractivity contribution in [3.8, 4) is 5.75 Å². The van der Waals surface area contributed by atoms with Crippen molar-refractivity contribution in [3.63, 3.8) is 0 Å². The normalized spacial score (nSPS) is 11.2. The Labute approximate surface area is 174 Å². The maximum Gasteiger partial charge on any atom is 0.263 e. The standard InChI is InChI=1S/C20H17BrN4O2S/c1-2-11-24-18(26)16-5-3-4-6-17(16)25-19(24)22-23-20(25)28-13-12-27-15-9-7-14(21)8-10-15/h2-10H,1,11-13H2. The van der Waals surface area contributed by atoms with Crippen molar-refractivity contribution in [2.45, 2.75) is 11.7 Å². The number of para-hydroxylation sites is 1. The number of ether oxygens (including phenoxy) is 1. The molecule has 0 unspecified atom stereocenters. The number of fused-ring (bicyclic) bond motifs is 3. The summed E-state index contributed by atoms with van der Waals surface area (Å²) in [5.41, 5.74) is 0.703. The minimum absolute atomic E-state index is 0.0921. The summed E-state index contributed by atoms with van der Waals surface area (Å²) in [6.07, 6.45) is 1.68. The van der Waals surface area contributed by atoms with E-state index < -0.39 is 0 Å². The quantitative estimate of drug-likeness (QED) is 0.237. The van der Waals surface area contributed by atoms with Gasteiger partial charge in [0.05, 0.1) is 17.5 Å². The predicted molar refractivity (Wildman–Crippen MR) is 115 cm³/mol. The van der Waals surface area contributed by atoms with Crippen molar-refractivity contribution in [2.24, 2.45) is 0 Å². The smallest absolute Gasteiger partial charge is 0.263 e. The molecule has 0 spiro atoms. The molecule has 0 N–H and O–H groups in total. The molecular weight excluding hydrogens is 440 g/mol. The number of benzene rings is 2. The molecule has 6 nitrogen and oxygen atoms in total. The molecule has 0 radical (unpaired) electrons. The number of halogens is 1. The van der Waals surface area contributed by atoms with Crippen LogP contribution in [-0.4, -0.2) is 31.5 Å². The van der Waals surface area contributed by atoms with E-state index in [9.17, 15) is 4.79 Å². The van der Waals surface area contributed by atoms with Gasteiger partial charge in [0.2, 0.25) is 5.78 Å². The molecule has 2 heterocycles. The summed E-state index contributed by atoms with van der Waals surface area (Å²) in [4.78, 5) is 12.8. The fourth-order valence-electron chi connectivity index (χ4n) is 2.94. The van der Waals surface area contributed by atoms with Gasteiger partial charge in [0, 0.05) is 16.8 Å².